The quantitative estimate of drug-likeness (QED) is 0.908. The van der Waals surface area contributed by atoms with Crippen molar-refractivity contribution < 1.29 is 9.53 Å². The summed E-state index contributed by atoms with van der Waals surface area (Å²) in [6.45, 7) is 1.58. The number of rotatable bonds is 5. The Morgan fingerprint density at radius 1 is 1.16 bits per heavy atom. The molecule has 1 N–H and O–H groups in total. The molecule has 2 aliphatic rings. The number of carbonyl (C=O) groups excluding carboxylic acids is 1. The largest absolute Gasteiger partial charge is 0.497 e. The van der Waals surface area contributed by atoms with Gasteiger partial charge in [0, 0.05) is 24.9 Å². The first-order valence-corrected chi connectivity index (χ1v) is 9.06. The lowest BCUT2D eigenvalue weighted by molar-refractivity contribution is -0.131. The topological polar surface area (TPSA) is 71.1 Å². The summed E-state index contributed by atoms with van der Waals surface area (Å²) >= 11 is 0. The SMILES string of the molecule is COc1ccc(CC(=O)N2CCC(c3nc(C4CC4)n[nH]3)CC2)cc1. The Morgan fingerprint density at radius 3 is 2.52 bits per heavy atom. The van der Waals surface area contributed by atoms with E-state index in [1.165, 1.54) is 12.8 Å². The van der Waals surface area contributed by atoms with Crippen molar-refractivity contribution in [3.8, 4) is 5.75 Å². The number of piperidine rings is 1. The van der Waals surface area contributed by atoms with Gasteiger partial charge in [0.1, 0.15) is 11.6 Å². The van der Waals surface area contributed by atoms with E-state index < -0.39 is 0 Å². The fourth-order valence-electron chi connectivity index (χ4n) is 3.43. The molecule has 1 amide bonds. The van der Waals surface area contributed by atoms with Crippen LogP contribution in [-0.4, -0.2) is 46.2 Å². The van der Waals surface area contributed by atoms with Crippen molar-refractivity contribution in [1.29, 1.82) is 0 Å². The summed E-state index contributed by atoms with van der Waals surface area (Å²) in [4.78, 5) is 19.2. The molecule has 1 saturated heterocycles. The molecular formula is C19H24N4O2. The molecule has 2 aromatic rings. The van der Waals surface area contributed by atoms with Gasteiger partial charge < -0.3 is 9.64 Å². The van der Waals surface area contributed by atoms with E-state index in [0.29, 0.717) is 18.3 Å². The first kappa shape index (κ1) is 16.1. The van der Waals surface area contributed by atoms with Gasteiger partial charge in [-0.05, 0) is 43.4 Å². The zero-order chi connectivity index (χ0) is 17.2. The molecule has 0 spiro atoms. The molecule has 0 atom stereocenters. The van der Waals surface area contributed by atoms with Gasteiger partial charge in [0.15, 0.2) is 5.82 Å². The molecule has 1 aromatic carbocycles. The highest BCUT2D eigenvalue weighted by Crippen LogP contribution is 2.38. The normalized spacial score (nSPS) is 18.4. The fourth-order valence-corrected chi connectivity index (χ4v) is 3.43. The number of ether oxygens (including phenoxy) is 1. The summed E-state index contributed by atoms with van der Waals surface area (Å²) in [6, 6.07) is 7.71. The van der Waals surface area contributed by atoms with Gasteiger partial charge in [-0.2, -0.15) is 5.10 Å². The number of methoxy groups -OCH3 is 1. The van der Waals surface area contributed by atoms with Crippen LogP contribution in [-0.2, 0) is 11.2 Å². The molecule has 2 heterocycles. The number of likely N-dealkylation sites (tertiary alicyclic amines) is 1. The Bertz CT molecular complexity index is 728. The van der Waals surface area contributed by atoms with Gasteiger partial charge in [0.05, 0.1) is 13.5 Å². The van der Waals surface area contributed by atoms with Crippen LogP contribution < -0.4 is 4.74 Å². The van der Waals surface area contributed by atoms with E-state index in [1.807, 2.05) is 29.2 Å². The molecule has 132 valence electrons. The Labute approximate surface area is 147 Å². The molecule has 0 bridgehead atoms. The molecule has 4 rings (SSSR count). The summed E-state index contributed by atoms with van der Waals surface area (Å²) in [5.74, 6) is 3.97. The minimum atomic E-state index is 0.194. The summed E-state index contributed by atoms with van der Waals surface area (Å²) in [5, 5.41) is 7.47. The lowest BCUT2D eigenvalue weighted by atomic mass is 9.95. The van der Waals surface area contributed by atoms with Crippen LogP contribution in [0.25, 0.3) is 0 Å². The molecule has 6 nitrogen and oxygen atoms in total. The van der Waals surface area contributed by atoms with Gasteiger partial charge in [-0.3, -0.25) is 9.89 Å². The van der Waals surface area contributed by atoms with Crippen molar-refractivity contribution in [2.24, 2.45) is 0 Å². The van der Waals surface area contributed by atoms with Crippen molar-refractivity contribution in [2.45, 2.75) is 43.9 Å². The highest BCUT2D eigenvalue weighted by atomic mass is 16.5. The van der Waals surface area contributed by atoms with Crippen LogP contribution in [0, 0.1) is 0 Å². The van der Waals surface area contributed by atoms with Gasteiger partial charge >= 0.3 is 0 Å². The van der Waals surface area contributed by atoms with E-state index in [9.17, 15) is 4.79 Å². The second-order valence-electron chi connectivity index (χ2n) is 7.03. The summed E-state index contributed by atoms with van der Waals surface area (Å²) in [5.41, 5.74) is 1.03. The Kier molecular flexibility index (Phi) is 4.42. The Hall–Kier alpha value is -2.37. The number of nitrogens with zero attached hydrogens (tertiary/aromatic N) is 3. The predicted molar refractivity (Wildman–Crippen MR) is 93.6 cm³/mol. The number of benzene rings is 1. The molecule has 6 heteroatoms. The maximum atomic E-state index is 12.5. The standard InChI is InChI=1S/C19H24N4O2/c1-25-16-6-2-13(3-7-16)12-17(24)23-10-8-15(9-11-23)19-20-18(21-22-19)14-4-5-14/h2-3,6-7,14-15H,4-5,8-12H2,1H3,(H,20,21,22). The third kappa shape index (κ3) is 3.67. The third-order valence-electron chi connectivity index (χ3n) is 5.21. The van der Waals surface area contributed by atoms with Crippen molar-refractivity contribution in [3.05, 3.63) is 41.5 Å². The van der Waals surface area contributed by atoms with Gasteiger partial charge in [-0.15, -0.1) is 0 Å². The van der Waals surface area contributed by atoms with Crippen molar-refractivity contribution in [3.63, 3.8) is 0 Å². The first-order valence-electron chi connectivity index (χ1n) is 9.06. The van der Waals surface area contributed by atoms with Crippen LogP contribution in [0.3, 0.4) is 0 Å². The van der Waals surface area contributed by atoms with Gasteiger partial charge in [-0.1, -0.05) is 12.1 Å². The molecule has 1 aromatic heterocycles. The molecule has 1 saturated carbocycles. The number of carbonyl (C=O) groups is 1. The molecular weight excluding hydrogens is 316 g/mol. The number of nitrogens with one attached hydrogen (secondary N) is 1. The number of hydrogen-bond acceptors (Lipinski definition) is 4. The van der Waals surface area contributed by atoms with Gasteiger partial charge in [0.25, 0.3) is 0 Å². The zero-order valence-corrected chi connectivity index (χ0v) is 14.6. The van der Waals surface area contributed by atoms with Crippen molar-refractivity contribution in [1.82, 2.24) is 20.1 Å². The number of amides is 1. The number of aromatic amines is 1. The number of hydrogen-bond donors (Lipinski definition) is 1. The maximum absolute atomic E-state index is 12.5. The monoisotopic (exact) mass is 340 g/mol. The minimum Gasteiger partial charge on any atom is -0.497 e. The van der Waals surface area contributed by atoms with Crippen molar-refractivity contribution in [2.75, 3.05) is 20.2 Å². The highest BCUT2D eigenvalue weighted by molar-refractivity contribution is 5.78. The van der Waals surface area contributed by atoms with E-state index in [4.69, 9.17) is 4.74 Å². The minimum absolute atomic E-state index is 0.194. The van der Waals surface area contributed by atoms with Crippen LogP contribution in [0.15, 0.2) is 24.3 Å². The Balaban J connectivity index is 1.30. The summed E-state index contributed by atoms with van der Waals surface area (Å²) < 4.78 is 5.16. The number of aromatic nitrogens is 3. The molecule has 1 aliphatic heterocycles. The summed E-state index contributed by atoms with van der Waals surface area (Å²) in [7, 11) is 1.65. The van der Waals surface area contributed by atoms with Gasteiger partial charge in [-0.25, -0.2) is 4.98 Å². The van der Waals surface area contributed by atoms with Crippen LogP contribution in [0.4, 0.5) is 0 Å². The molecule has 1 aliphatic carbocycles. The lowest BCUT2D eigenvalue weighted by Crippen LogP contribution is -2.39. The smallest absolute Gasteiger partial charge is 0.226 e. The fraction of sp³-hybridized carbons (Fsp3) is 0.526. The van der Waals surface area contributed by atoms with E-state index >= 15 is 0 Å². The van der Waals surface area contributed by atoms with E-state index in [2.05, 4.69) is 15.2 Å². The van der Waals surface area contributed by atoms with Gasteiger partial charge in [0.2, 0.25) is 5.91 Å². The van der Waals surface area contributed by atoms with E-state index in [1.54, 1.807) is 7.11 Å². The zero-order valence-electron chi connectivity index (χ0n) is 14.6. The van der Waals surface area contributed by atoms with Crippen LogP contribution in [0.2, 0.25) is 0 Å². The summed E-state index contributed by atoms with van der Waals surface area (Å²) in [6.07, 6.45) is 4.79. The van der Waals surface area contributed by atoms with Crippen LogP contribution in [0.5, 0.6) is 5.75 Å². The average Bonchev–Trinajstić information content (AvgIpc) is 3.39. The lowest BCUT2D eigenvalue weighted by Gasteiger charge is -2.31. The Morgan fingerprint density at radius 2 is 1.88 bits per heavy atom. The second-order valence-corrected chi connectivity index (χ2v) is 7.03. The second kappa shape index (κ2) is 6.86. The average molecular weight is 340 g/mol. The van der Waals surface area contributed by atoms with Crippen molar-refractivity contribution >= 4 is 5.91 Å². The van der Waals surface area contributed by atoms with E-state index in [-0.39, 0.29) is 5.91 Å². The number of H-pyrrole nitrogens is 1. The highest BCUT2D eigenvalue weighted by Gasteiger charge is 2.30. The molecule has 2 fully saturated rings. The van der Waals surface area contributed by atoms with Crippen LogP contribution in [0.1, 0.15) is 54.7 Å². The molecule has 25 heavy (non-hydrogen) atoms. The molecule has 0 unspecified atom stereocenters. The van der Waals surface area contributed by atoms with Crippen LogP contribution >= 0.6 is 0 Å². The third-order valence-corrected chi connectivity index (χ3v) is 5.21. The first-order chi connectivity index (χ1) is 12.2. The van der Waals surface area contributed by atoms with E-state index in [0.717, 1.165) is 48.9 Å². The maximum Gasteiger partial charge on any atom is 0.226 e. The predicted octanol–water partition coefficient (Wildman–Crippen LogP) is 2.64. The molecule has 0 radical (unpaired) electrons.